The predicted molar refractivity (Wildman–Crippen MR) is 93.6 cm³/mol. The molecule has 0 atom stereocenters. The summed E-state index contributed by atoms with van der Waals surface area (Å²) in [4.78, 5) is 0. The summed E-state index contributed by atoms with van der Waals surface area (Å²) < 4.78 is 11.5. The summed E-state index contributed by atoms with van der Waals surface area (Å²) in [5, 5.41) is 3.15. The van der Waals surface area contributed by atoms with Crippen molar-refractivity contribution in [2.75, 3.05) is 7.05 Å². The van der Waals surface area contributed by atoms with Gasteiger partial charge in [0.05, 0.1) is 0 Å². The first kappa shape index (κ1) is 16.3. The van der Waals surface area contributed by atoms with E-state index in [4.69, 9.17) is 21.7 Å². The molecule has 0 radical (unpaired) electrons. The van der Waals surface area contributed by atoms with E-state index >= 15 is 0 Å². The largest absolute Gasteiger partial charge is 0.488 e. The molecule has 2 aromatic carbocycles. The Kier molecular flexibility index (Phi) is 5.78. The van der Waals surface area contributed by atoms with Crippen LogP contribution in [-0.4, -0.2) is 12.2 Å². The Morgan fingerprint density at radius 3 is 2.59 bits per heavy atom. The molecule has 0 aliphatic heterocycles. The van der Waals surface area contributed by atoms with Crippen LogP contribution >= 0.6 is 12.2 Å². The van der Waals surface area contributed by atoms with E-state index in [2.05, 4.69) is 31.3 Å². The number of para-hydroxylation sites is 1. The Hall–Kier alpha value is -2.07. The molecule has 0 saturated heterocycles. The Balaban J connectivity index is 2.10. The zero-order valence-corrected chi connectivity index (χ0v) is 14.0. The van der Waals surface area contributed by atoms with E-state index in [1.54, 1.807) is 7.05 Å². The summed E-state index contributed by atoms with van der Waals surface area (Å²) in [5.74, 6) is 1.60. The molecule has 116 valence electrons. The van der Waals surface area contributed by atoms with E-state index in [1.807, 2.05) is 30.3 Å². The van der Waals surface area contributed by atoms with Crippen molar-refractivity contribution in [3.8, 4) is 11.5 Å². The van der Waals surface area contributed by atoms with Gasteiger partial charge in [0.2, 0.25) is 0 Å². The maximum atomic E-state index is 5.93. The smallest absolute Gasteiger partial charge is 0.261 e. The Bertz CT molecular complexity index is 655. The van der Waals surface area contributed by atoms with E-state index < -0.39 is 0 Å². The van der Waals surface area contributed by atoms with Gasteiger partial charge in [0.15, 0.2) is 0 Å². The van der Waals surface area contributed by atoms with E-state index in [0.29, 0.717) is 17.5 Å². The fraction of sp³-hybridized carbons (Fsp3) is 0.278. The lowest BCUT2D eigenvalue weighted by molar-refractivity contribution is 0.299. The summed E-state index contributed by atoms with van der Waals surface area (Å²) in [5.41, 5.74) is 3.41. The standard InChI is InChI=1S/C18H21NO2S/c1-4-14-9-10-16(13(2)11-14)20-12-15-7-5-6-8-17(15)21-18(22)19-3/h5-11H,4,12H2,1-3H3,(H,19,22). The summed E-state index contributed by atoms with van der Waals surface area (Å²) in [6.45, 7) is 4.65. The average Bonchev–Trinajstić information content (AvgIpc) is 2.54. The first-order valence-corrected chi connectivity index (χ1v) is 7.74. The van der Waals surface area contributed by atoms with Gasteiger partial charge in [-0.2, -0.15) is 0 Å². The number of hydrogen-bond donors (Lipinski definition) is 1. The first-order chi connectivity index (χ1) is 10.6. The van der Waals surface area contributed by atoms with Gasteiger partial charge in [0.1, 0.15) is 18.1 Å². The van der Waals surface area contributed by atoms with Crippen molar-refractivity contribution in [1.29, 1.82) is 0 Å². The van der Waals surface area contributed by atoms with Crippen molar-refractivity contribution >= 4 is 17.4 Å². The van der Waals surface area contributed by atoms with Crippen LogP contribution in [0.1, 0.15) is 23.6 Å². The predicted octanol–water partition coefficient (Wildman–Crippen LogP) is 4.02. The highest BCUT2D eigenvalue weighted by atomic mass is 32.1. The summed E-state index contributed by atoms with van der Waals surface area (Å²) in [6.07, 6.45) is 1.03. The SMILES string of the molecule is CCc1ccc(OCc2ccccc2OC(=S)NC)c(C)c1. The molecule has 2 rings (SSSR count). The number of ether oxygens (including phenoxy) is 2. The van der Waals surface area contributed by atoms with Crippen LogP contribution in [0.15, 0.2) is 42.5 Å². The topological polar surface area (TPSA) is 30.5 Å². The molecule has 0 aliphatic carbocycles. The van der Waals surface area contributed by atoms with Crippen LogP contribution in [0.5, 0.6) is 11.5 Å². The molecule has 0 fully saturated rings. The number of rotatable bonds is 5. The molecule has 0 aromatic heterocycles. The molecule has 1 N–H and O–H groups in total. The maximum Gasteiger partial charge on any atom is 0.261 e. The van der Waals surface area contributed by atoms with Gasteiger partial charge < -0.3 is 14.8 Å². The lowest BCUT2D eigenvalue weighted by atomic mass is 10.1. The van der Waals surface area contributed by atoms with Crippen LogP contribution < -0.4 is 14.8 Å². The quantitative estimate of drug-likeness (QED) is 0.844. The van der Waals surface area contributed by atoms with Crippen LogP contribution in [0, 0.1) is 6.92 Å². The van der Waals surface area contributed by atoms with Crippen molar-refractivity contribution in [3.63, 3.8) is 0 Å². The average molecular weight is 315 g/mol. The van der Waals surface area contributed by atoms with Crippen LogP contribution in [0.3, 0.4) is 0 Å². The van der Waals surface area contributed by atoms with Crippen LogP contribution in [0.4, 0.5) is 0 Å². The van der Waals surface area contributed by atoms with Crippen molar-refractivity contribution in [3.05, 3.63) is 59.2 Å². The third-order valence-electron chi connectivity index (χ3n) is 3.41. The van der Waals surface area contributed by atoms with Gasteiger partial charge in [-0.25, -0.2) is 0 Å². The van der Waals surface area contributed by atoms with Crippen LogP contribution in [-0.2, 0) is 13.0 Å². The molecule has 0 unspecified atom stereocenters. The Morgan fingerprint density at radius 1 is 1.14 bits per heavy atom. The molecule has 0 aliphatic rings. The van der Waals surface area contributed by atoms with Crippen LogP contribution in [0.25, 0.3) is 0 Å². The molecule has 4 heteroatoms. The normalized spacial score (nSPS) is 10.1. The molecule has 0 amide bonds. The minimum absolute atomic E-state index is 0.343. The van der Waals surface area contributed by atoms with Crippen molar-refractivity contribution in [1.82, 2.24) is 5.32 Å². The lowest BCUT2D eigenvalue weighted by Gasteiger charge is -2.14. The molecule has 0 heterocycles. The van der Waals surface area contributed by atoms with Crippen LogP contribution in [0.2, 0.25) is 0 Å². The fourth-order valence-electron chi connectivity index (χ4n) is 2.12. The minimum atomic E-state index is 0.343. The monoisotopic (exact) mass is 315 g/mol. The zero-order valence-electron chi connectivity index (χ0n) is 13.2. The second kappa shape index (κ2) is 7.80. The highest BCUT2D eigenvalue weighted by Gasteiger charge is 2.07. The summed E-state index contributed by atoms with van der Waals surface area (Å²) in [6, 6.07) is 14.0. The molecule has 0 spiro atoms. The molecule has 0 saturated carbocycles. The first-order valence-electron chi connectivity index (χ1n) is 7.33. The number of nitrogens with one attached hydrogen (secondary N) is 1. The highest BCUT2D eigenvalue weighted by molar-refractivity contribution is 7.80. The van der Waals surface area contributed by atoms with Crippen molar-refractivity contribution in [2.45, 2.75) is 26.9 Å². The van der Waals surface area contributed by atoms with Gasteiger partial charge in [-0.05, 0) is 48.8 Å². The van der Waals surface area contributed by atoms with Gasteiger partial charge >= 0.3 is 0 Å². The Labute approximate surface area is 137 Å². The van der Waals surface area contributed by atoms with Gasteiger partial charge in [-0.3, -0.25) is 0 Å². The second-order valence-corrected chi connectivity index (χ2v) is 5.36. The van der Waals surface area contributed by atoms with Gasteiger partial charge in [0.25, 0.3) is 5.17 Å². The molecule has 0 bridgehead atoms. The summed E-state index contributed by atoms with van der Waals surface area (Å²) >= 11 is 5.05. The van der Waals surface area contributed by atoms with Crippen molar-refractivity contribution < 1.29 is 9.47 Å². The molecular weight excluding hydrogens is 294 g/mol. The van der Waals surface area contributed by atoms with Gasteiger partial charge in [-0.15, -0.1) is 0 Å². The van der Waals surface area contributed by atoms with E-state index in [0.717, 1.165) is 23.3 Å². The summed E-state index contributed by atoms with van der Waals surface area (Å²) in [7, 11) is 1.74. The molecule has 22 heavy (non-hydrogen) atoms. The minimum Gasteiger partial charge on any atom is -0.488 e. The maximum absolute atomic E-state index is 5.93. The highest BCUT2D eigenvalue weighted by Crippen LogP contribution is 2.24. The molecule has 3 nitrogen and oxygen atoms in total. The number of benzene rings is 2. The number of thiocarbonyl (C=S) groups is 1. The third kappa shape index (κ3) is 4.21. The molecule has 2 aromatic rings. The zero-order chi connectivity index (χ0) is 15.9. The Morgan fingerprint density at radius 2 is 1.91 bits per heavy atom. The van der Waals surface area contributed by atoms with Gasteiger partial charge in [-0.1, -0.05) is 37.3 Å². The lowest BCUT2D eigenvalue weighted by Crippen LogP contribution is -2.22. The van der Waals surface area contributed by atoms with E-state index in [9.17, 15) is 0 Å². The van der Waals surface area contributed by atoms with E-state index in [-0.39, 0.29) is 0 Å². The van der Waals surface area contributed by atoms with Gasteiger partial charge in [0, 0.05) is 12.6 Å². The number of aryl methyl sites for hydroxylation is 2. The van der Waals surface area contributed by atoms with E-state index in [1.165, 1.54) is 5.56 Å². The fourth-order valence-corrected chi connectivity index (χ4v) is 2.21. The number of hydrogen-bond acceptors (Lipinski definition) is 3. The van der Waals surface area contributed by atoms with Crippen molar-refractivity contribution in [2.24, 2.45) is 0 Å². The molecular formula is C18H21NO2S. The third-order valence-corrected chi connectivity index (χ3v) is 3.70. The second-order valence-electron chi connectivity index (χ2n) is 4.99.